The summed E-state index contributed by atoms with van der Waals surface area (Å²) in [5.74, 6) is 0.780. The Balaban J connectivity index is 1.75. The Morgan fingerprint density at radius 1 is 0.833 bits per heavy atom. The summed E-state index contributed by atoms with van der Waals surface area (Å²) in [6.45, 7) is 0. The Bertz CT molecular complexity index is 1130. The Labute approximate surface area is 141 Å². The Hall–Kier alpha value is -3.05. The van der Waals surface area contributed by atoms with Crippen LogP contribution in [0.25, 0.3) is 43.9 Å². The average molecular weight is 328 g/mol. The van der Waals surface area contributed by atoms with Crippen LogP contribution in [0, 0.1) is 0 Å². The van der Waals surface area contributed by atoms with E-state index in [1.165, 1.54) is 5.39 Å². The highest BCUT2D eigenvalue weighted by Crippen LogP contribution is 2.36. The molecular formula is C19H12N4S. The number of H-pyrrole nitrogens is 1. The smallest absolute Gasteiger partial charge is 0.158 e. The van der Waals surface area contributed by atoms with Gasteiger partial charge in [-0.3, -0.25) is 4.98 Å². The zero-order valence-electron chi connectivity index (χ0n) is 12.6. The number of nitrogens with one attached hydrogen (secondary N) is 1. The summed E-state index contributed by atoms with van der Waals surface area (Å²) in [4.78, 5) is 18.2. The molecule has 24 heavy (non-hydrogen) atoms. The molecule has 0 aliphatic carbocycles. The minimum Gasteiger partial charge on any atom is -0.337 e. The first-order chi connectivity index (χ1) is 11.9. The summed E-state index contributed by atoms with van der Waals surface area (Å²) < 4.78 is 0. The van der Waals surface area contributed by atoms with Crippen LogP contribution in [0.2, 0.25) is 0 Å². The van der Waals surface area contributed by atoms with Crippen LogP contribution in [0.15, 0.2) is 66.3 Å². The third-order valence-corrected chi connectivity index (χ3v) is 4.90. The van der Waals surface area contributed by atoms with Gasteiger partial charge >= 0.3 is 0 Å². The lowest BCUT2D eigenvalue weighted by Crippen LogP contribution is -1.88. The van der Waals surface area contributed by atoms with Crippen LogP contribution >= 0.6 is 11.3 Å². The number of fused-ring (bicyclic) bond motifs is 2. The molecule has 0 unspecified atom stereocenters. The highest BCUT2D eigenvalue weighted by atomic mass is 32.1. The summed E-state index contributed by atoms with van der Waals surface area (Å²) >= 11 is 1.59. The molecule has 2 aromatic carbocycles. The Morgan fingerprint density at radius 2 is 1.71 bits per heavy atom. The minimum atomic E-state index is 0.780. The molecule has 0 saturated heterocycles. The molecule has 5 rings (SSSR count). The average Bonchev–Trinajstić information content (AvgIpc) is 3.27. The Kier molecular flexibility index (Phi) is 2.93. The van der Waals surface area contributed by atoms with Crippen molar-refractivity contribution in [3.63, 3.8) is 0 Å². The fourth-order valence-electron chi connectivity index (χ4n) is 2.95. The van der Waals surface area contributed by atoms with Crippen molar-refractivity contribution >= 4 is 33.1 Å². The van der Waals surface area contributed by atoms with E-state index in [0.717, 1.165) is 38.5 Å². The van der Waals surface area contributed by atoms with Gasteiger partial charge in [-0.05, 0) is 23.6 Å². The summed E-state index contributed by atoms with van der Waals surface area (Å²) in [5, 5.41) is 2.30. The lowest BCUT2D eigenvalue weighted by molar-refractivity contribution is 1.27. The first kappa shape index (κ1) is 13.4. The molecule has 0 amide bonds. The van der Waals surface area contributed by atoms with Gasteiger partial charge in [0.15, 0.2) is 5.82 Å². The molecule has 5 aromatic rings. The van der Waals surface area contributed by atoms with Gasteiger partial charge < -0.3 is 4.98 Å². The molecule has 0 aliphatic heterocycles. The predicted octanol–water partition coefficient (Wildman–Crippen LogP) is 4.90. The maximum atomic E-state index is 4.68. The molecular weight excluding hydrogens is 316 g/mol. The first-order valence-corrected chi connectivity index (χ1v) is 8.51. The third-order valence-electron chi connectivity index (χ3n) is 4.07. The van der Waals surface area contributed by atoms with Crippen LogP contribution in [-0.4, -0.2) is 19.9 Å². The van der Waals surface area contributed by atoms with Crippen molar-refractivity contribution in [1.29, 1.82) is 0 Å². The van der Waals surface area contributed by atoms with Crippen molar-refractivity contribution in [2.45, 2.75) is 0 Å². The van der Waals surface area contributed by atoms with Crippen LogP contribution in [0.5, 0.6) is 0 Å². The quantitative estimate of drug-likeness (QED) is 0.501. The van der Waals surface area contributed by atoms with Gasteiger partial charge in [0.05, 0.1) is 27.1 Å². The van der Waals surface area contributed by atoms with Crippen molar-refractivity contribution in [2.24, 2.45) is 0 Å². The van der Waals surface area contributed by atoms with Crippen LogP contribution in [0.3, 0.4) is 0 Å². The second kappa shape index (κ2) is 5.25. The number of pyridine rings is 1. The number of imidazole rings is 1. The van der Waals surface area contributed by atoms with Gasteiger partial charge in [-0.15, -0.1) is 11.3 Å². The van der Waals surface area contributed by atoms with E-state index in [9.17, 15) is 0 Å². The van der Waals surface area contributed by atoms with Gasteiger partial charge in [-0.1, -0.05) is 36.4 Å². The molecule has 3 aromatic heterocycles. The van der Waals surface area contributed by atoms with E-state index in [1.54, 1.807) is 11.3 Å². The molecule has 1 N–H and O–H groups in total. The number of hydrogen-bond donors (Lipinski definition) is 1. The molecule has 114 valence electrons. The third kappa shape index (κ3) is 2.02. The number of hydrogen-bond acceptors (Lipinski definition) is 4. The lowest BCUT2D eigenvalue weighted by atomic mass is 10.1. The van der Waals surface area contributed by atoms with E-state index < -0.39 is 0 Å². The van der Waals surface area contributed by atoms with E-state index in [-0.39, 0.29) is 0 Å². The summed E-state index contributed by atoms with van der Waals surface area (Å²) in [6.07, 6.45) is 1.85. The molecule has 0 saturated carbocycles. The molecule has 4 nitrogen and oxygen atoms in total. The van der Waals surface area contributed by atoms with Crippen LogP contribution < -0.4 is 0 Å². The van der Waals surface area contributed by atoms with Gasteiger partial charge in [-0.25, -0.2) is 9.97 Å². The number of thiazole rings is 1. The minimum absolute atomic E-state index is 0.780. The van der Waals surface area contributed by atoms with E-state index in [1.807, 2.05) is 54.2 Å². The SMILES string of the molecule is c1ccc2c(-c3scnc3-c3nc4ccccc4[nH]3)nccc2c1. The molecule has 0 atom stereocenters. The van der Waals surface area contributed by atoms with Gasteiger partial charge in [0.1, 0.15) is 5.69 Å². The maximum Gasteiger partial charge on any atom is 0.158 e. The highest BCUT2D eigenvalue weighted by Gasteiger charge is 2.17. The van der Waals surface area contributed by atoms with Crippen LogP contribution in [-0.2, 0) is 0 Å². The fraction of sp³-hybridized carbons (Fsp3) is 0. The topological polar surface area (TPSA) is 54.5 Å². The largest absolute Gasteiger partial charge is 0.337 e. The first-order valence-electron chi connectivity index (χ1n) is 7.63. The number of nitrogens with zero attached hydrogens (tertiary/aromatic N) is 3. The normalized spacial score (nSPS) is 11.3. The van der Waals surface area contributed by atoms with Gasteiger partial charge in [-0.2, -0.15) is 0 Å². The standard InChI is InChI=1S/C19H12N4S/c1-2-6-13-12(5-1)9-10-20-16(13)18-17(21-11-24-18)19-22-14-7-3-4-8-15(14)23-19/h1-11H,(H,22,23). The molecule has 0 spiro atoms. The lowest BCUT2D eigenvalue weighted by Gasteiger charge is -2.04. The second-order valence-corrected chi connectivity index (χ2v) is 6.37. The Morgan fingerprint density at radius 3 is 2.67 bits per heavy atom. The zero-order valence-corrected chi connectivity index (χ0v) is 13.4. The van der Waals surface area contributed by atoms with E-state index in [2.05, 4.69) is 32.1 Å². The molecule has 0 fully saturated rings. The van der Waals surface area contributed by atoms with Crippen molar-refractivity contribution in [3.8, 4) is 22.1 Å². The molecule has 0 aliphatic rings. The molecule has 0 bridgehead atoms. The summed E-state index contributed by atoms with van der Waals surface area (Å²) in [7, 11) is 0. The second-order valence-electron chi connectivity index (χ2n) is 5.51. The van der Waals surface area contributed by atoms with E-state index >= 15 is 0 Å². The van der Waals surface area contributed by atoms with E-state index in [4.69, 9.17) is 0 Å². The van der Waals surface area contributed by atoms with E-state index in [0.29, 0.717) is 0 Å². The molecule has 0 radical (unpaired) electrons. The fourth-order valence-corrected chi connectivity index (χ4v) is 3.75. The van der Waals surface area contributed by atoms with Crippen molar-refractivity contribution in [3.05, 3.63) is 66.3 Å². The van der Waals surface area contributed by atoms with Gasteiger partial charge in [0.2, 0.25) is 0 Å². The number of aromatic nitrogens is 4. The highest BCUT2D eigenvalue weighted by molar-refractivity contribution is 7.13. The number of rotatable bonds is 2. The van der Waals surface area contributed by atoms with Crippen LogP contribution in [0.4, 0.5) is 0 Å². The molecule has 3 heterocycles. The number of aromatic amines is 1. The van der Waals surface area contributed by atoms with Crippen molar-refractivity contribution in [2.75, 3.05) is 0 Å². The number of benzene rings is 2. The number of para-hydroxylation sites is 2. The zero-order chi connectivity index (χ0) is 15.9. The van der Waals surface area contributed by atoms with Crippen molar-refractivity contribution in [1.82, 2.24) is 19.9 Å². The van der Waals surface area contributed by atoms with Gasteiger partial charge in [0, 0.05) is 11.6 Å². The monoisotopic (exact) mass is 328 g/mol. The van der Waals surface area contributed by atoms with Gasteiger partial charge in [0.25, 0.3) is 0 Å². The predicted molar refractivity (Wildman–Crippen MR) is 97.9 cm³/mol. The van der Waals surface area contributed by atoms with Crippen LogP contribution in [0.1, 0.15) is 0 Å². The summed E-state index contributed by atoms with van der Waals surface area (Å²) in [5.41, 5.74) is 5.60. The maximum absolute atomic E-state index is 4.68. The molecule has 5 heteroatoms. The van der Waals surface area contributed by atoms with Crippen molar-refractivity contribution < 1.29 is 0 Å². The summed E-state index contributed by atoms with van der Waals surface area (Å²) in [6, 6.07) is 18.3.